The molecule has 0 bridgehead atoms. The maximum absolute atomic E-state index is 11.1. The Morgan fingerprint density at radius 1 is 1.19 bits per heavy atom. The Morgan fingerprint density at radius 3 is 2.31 bits per heavy atom. The average Bonchev–Trinajstić information content (AvgIpc) is 2.30. The molecule has 88 valence electrons. The Kier molecular flexibility index (Phi) is 4.25. The highest BCUT2D eigenvalue weighted by atomic mass is 35.5. The zero-order chi connectivity index (χ0) is 12.1. The summed E-state index contributed by atoms with van der Waals surface area (Å²) >= 11 is 5.90. The first-order valence-corrected chi connectivity index (χ1v) is 4.76. The lowest BCUT2D eigenvalue weighted by Gasteiger charge is -2.12. The number of carbonyl (C=O) groups is 1. The van der Waals surface area contributed by atoms with Gasteiger partial charge in [-0.15, -0.1) is 0 Å². The molecule has 1 amide bonds. The number of nitrogens with one attached hydrogen (secondary N) is 1. The molecule has 0 unspecified atom stereocenters. The Morgan fingerprint density at radius 2 is 1.81 bits per heavy atom. The van der Waals surface area contributed by atoms with Crippen molar-refractivity contribution < 1.29 is 19.0 Å². The molecule has 0 saturated carbocycles. The van der Waals surface area contributed by atoms with Crippen LogP contribution in [-0.4, -0.2) is 27.4 Å². The van der Waals surface area contributed by atoms with E-state index in [4.69, 9.17) is 21.1 Å². The van der Waals surface area contributed by atoms with E-state index in [1.807, 2.05) is 0 Å². The zero-order valence-electron chi connectivity index (χ0n) is 9.17. The summed E-state index contributed by atoms with van der Waals surface area (Å²) in [4.78, 5) is 11.1. The molecular weight excluding hydrogens is 234 g/mol. The summed E-state index contributed by atoms with van der Waals surface area (Å²) in [6.45, 7) is 0. The quantitative estimate of drug-likeness (QED) is 0.889. The van der Waals surface area contributed by atoms with E-state index >= 15 is 0 Å². The van der Waals surface area contributed by atoms with Gasteiger partial charge in [0.2, 0.25) is 0 Å². The molecular formula is C10H12ClNO4. The van der Waals surface area contributed by atoms with E-state index in [-0.39, 0.29) is 0 Å². The predicted molar refractivity (Wildman–Crippen MR) is 60.6 cm³/mol. The number of anilines is 1. The topological polar surface area (TPSA) is 56.8 Å². The van der Waals surface area contributed by atoms with Gasteiger partial charge in [-0.3, -0.25) is 5.32 Å². The standard InChI is InChI=1S/C10H12ClNO4/c1-14-8-5-7(12-10(13)16-3)9(15-2)4-6(8)11/h4-5H,1-3H3,(H,12,13). The molecule has 6 heteroatoms. The van der Waals surface area contributed by atoms with Crippen molar-refractivity contribution in [2.45, 2.75) is 0 Å². The summed E-state index contributed by atoms with van der Waals surface area (Å²) in [7, 11) is 4.23. The second-order valence-corrected chi connectivity index (χ2v) is 3.21. The minimum atomic E-state index is -0.595. The summed E-state index contributed by atoms with van der Waals surface area (Å²) in [5, 5.41) is 2.89. The fourth-order valence-corrected chi connectivity index (χ4v) is 1.35. The van der Waals surface area contributed by atoms with Gasteiger partial charge in [-0.25, -0.2) is 4.79 Å². The van der Waals surface area contributed by atoms with Crippen LogP contribution in [-0.2, 0) is 4.74 Å². The maximum atomic E-state index is 11.1. The van der Waals surface area contributed by atoms with Crippen molar-refractivity contribution in [2.75, 3.05) is 26.6 Å². The smallest absolute Gasteiger partial charge is 0.411 e. The van der Waals surface area contributed by atoms with Gasteiger partial charge in [-0.05, 0) is 0 Å². The fourth-order valence-electron chi connectivity index (χ4n) is 1.12. The van der Waals surface area contributed by atoms with Gasteiger partial charge in [0.1, 0.15) is 11.5 Å². The van der Waals surface area contributed by atoms with Gasteiger partial charge in [-0.1, -0.05) is 11.6 Å². The van der Waals surface area contributed by atoms with Crippen LogP contribution in [0.2, 0.25) is 5.02 Å². The van der Waals surface area contributed by atoms with Crippen molar-refractivity contribution in [3.63, 3.8) is 0 Å². The van der Waals surface area contributed by atoms with E-state index < -0.39 is 6.09 Å². The number of methoxy groups -OCH3 is 3. The van der Waals surface area contributed by atoms with Crippen LogP contribution in [0.5, 0.6) is 11.5 Å². The summed E-state index contributed by atoms with van der Waals surface area (Å²) < 4.78 is 14.6. The lowest BCUT2D eigenvalue weighted by Crippen LogP contribution is -2.11. The molecule has 0 atom stereocenters. The van der Waals surface area contributed by atoms with Crippen molar-refractivity contribution in [1.29, 1.82) is 0 Å². The molecule has 5 nitrogen and oxygen atoms in total. The lowest BCUT2D eigenvalue weighted by molar-refractivity contribution is 0.187. The number of amides is 1. The van der Waals surface area contributed by atoms with Gasteiger partial charge in [0, 0.05) is 12.1 Å². The molecule has 0 aliphatic heterocycles. The molecule has 1 rings (SSSR count). The van der Waals surface area contributed by atoms with Crippen molar-refractivity contribution in [1.82, 2.24) is 0 Å². The van der Waals surface area contributed by atoms with E-state index in [2.05, 4.69) is 10.1 Å². The highest BCUT2D eigenvalue weighted by molar-refractivity contribution is 6.32. The van der Waals surface area contributed by atoms with Crippen LogP contribution >= 0.6 is 11.6 Å². The summed E-state index contributed by atoms with van der Waals surface area (Å²) in [5.74, 6) is 0.866. The van der Waals surface area contributed by atoms with Gasteiger partial charge >= 0.3 is 6.09 Å². The minimum absolute atomic E-state index is 0.398. The number of hydrogen-bond donors (Lipinski definition) is 1. The molecule has 16 heavy (non-hydrogen) atoms. The van der Waals surface area contributed by atoms with Crippen molar-refractivity contribution in [2.24, 2.45) is 0 Å². The predicted octanol–water partition coefficient (Wildman–Crippen LogP) is 2.54. The maximum Gasteiger partial charge on any atom is 0.411 e. The van der Waals surface area contributed by atoms with E-state index in [1.165, 1.54) is 21.3 Å². The molecule has 1 aromatic carbocycles. The minimum Gasteiger partial charge on any atom is -0.495 e. The van der Waals surface area contributed by atoms with E-state index in [0.29, 0.717) is 22.2 Å². The van der Waals surface area contributed by atoms with Crippen LogP contribution in [0.1, 0.15) is 0 Å². The van der Waals surface area contributed by atoms with Gasteiger partial charge in [0.05, 0.1) is 32.0 Å². The molecule has 0 aliphatic carbocycles. The number of halogens is 1. The Labute approximate surface area is 98.2 Å². The SMILES string of the molecule is COC(=O)Nc1cc(OC)c(Cl)cc1OC. The van der Waals surface area contributed by atoms with Gasteiger partial charge in [-0.2, -0.15) is 0 Å². The van der Waals surface area contributed by atoms with E-state index in [1.54, 1.807) is 12.1 Å². The van der Waals surface area contributed by atoms with E-state index in [9.17, 15) is 4.79 Å². The summed E-state index contributed by atoms with van der Waals surface area (Å²) in [5.41, 5.74) is 0.426. The van der Waals surface area contributed by atoms with Gasteiger partial charge in [0.25, 0.3) is 0 Å². The number of carbonyl (C=O) groups excluding carboxylic acids is 1. The molecule has 0 spiro atoms. The monoisotopic (exact) mass is 245 g/mol. The highest BCUT2D eigenvalue weighted by Crippen LogP contribution is 2.35. The summed E-state index contributed by atoms with van der Waals surface area (Å²) in [6, 6.07) is 3.10. The molecule has 0 fully saturated rings. The van der Waals surface area contributed by atoms with E-state index in [0.717, 1.165) is 0 Å². The van der Waals surface area contributed by atoms with Crippen molar-refractivity contribution in [3.05, 3.63) is 17.2 Å². The van der Waals surface area contributed by atoms with Crippen molar-refractivity contribution in [3.8, 4) is 11.5 Å². The highest BCUT2D eigenvalue weighted by Gasteiger charge is 2.12. The zero-order valence-corrected chi connectivity index (χ0v) is 9.92. The normalized spacial score (nSPS) is 9.50. The second kappa shape index (κ2) is 5.46. The largest absolute Gasteiger partial charge is 0.495 e. The van der Waals surface area contributed by atoms with Crippen molar-refractivity contribution >= 4 is 23.4 Å². The first-order valence-electron chi connectivity index (χ1n) is 4.38. The molecule has 0 aromatic heterocycles. The van der Waals surface area contributed by atoms with Crippen LogP contribution in [0.3, 0.4) is 0 Å². The molecule has 0 saturated heterocycles. The lowest BCUT2D eigenvalue weighted by atomic mass is 10.2. The molecule has 0 heterocycles. The molecule has 1 aromatic rings. The molecule has 0 aliphatic rings. The first-order chi connectivity index (χ1) is 7.62. The number of benzene rings is 1. The van der Waals surface area contributed by atoms with Crippen LogP contribution in [0.4, 0.5) is 10.5 Å². The number of ether oxygens (including phenoxy) is 3. The van der Waals surface area contributed by atoms with Crippen LogP contribution in [0.25, 0.3) is 0 Å². The Balaban J connectivity index is 3.09. The second-order valence-electron chi connectivity index (χ2n) is 2.80. The van der Waals surface area contributed by atoms with Gasteiger partial charge in [0.15, 0.2) is 0 Å². The summed E-state index contributed by atoms with van der Waals surface area (Å²) in [6.07, 6.45) is -0.595. The number of hydrogen-bond acceptors (Lipinski definition) is 4. The molecule has 1 N–H and O–H groups in total. The fraction of sp³-hybridized carbons (Fsp3) is 0.300. The van der Waals surface area contributed by atoms with Crippen LogP contribution in [0, 0.1) is 0 Å². The third-order valence-corrected chi connectivity index (χ3v) is 2.19. The Bertz CT molecular complexity index is 395. The average molecular weight is 246 g/mol. The third kappa shape index (κ3) is 2.70. The van der Waals surface area contributed by atoms with Gasteiger partial charge < -0.3 is 14.2 Å². The van der Waals surface area contributed by atoms with Crippen LogP contribution in [0.15, 0.2) is 12.1 Å². The molecule has 0 radical (unpaired) electrons. The first kappa shape index (κ1) is 12.4. The Hall–Kier alpha value is -1.62. The number of rotatable bonds is 3. The van der Waals surface area contributed by atoms with Crippen LogP contribution < -0.4 is 14.8 Å². The third-order valence-electron chi connectivity index (χ3n) is 1.90.